The van der Waals surface area contributed by atoms with Crippen molar-refractivity contribution in [2.24, 2.45) is 0 Å². The van der Waals surface area contributed by atoms with Gasteiger partial charge in [-0.15, -0.1) is 11.6 Å². The zero-order valence-corrected chi connectivity index (χ0v) is 10.2. The Morgan fingerprint density at radius 1 is 1.50 bits per heavy atom. The fourth-order valence-electron chi connectivity index (χ4n) is 2.10. The molecule has 0 bridgehead atoms. The maximum Gasteiger partial charge on any atom is 0.167 e. The lowest BCUT2D eigenvalue weighted by atomic mass is 10.2. The van der Waals surface area contributed by atoms with E-state index in [4.69, 9.17) is 27.2 Å². The second-order valence-corrected chi connectivity index (χ2v) is 4.71. The van der Waals surface area contributed by atoms with Crippen LogP contribution in [0.4, 0.5) is 5.82 Å². The molecule has 7 nitrogen and oxygen atoms in total. The first-order valence-electron chi connectivity index (χ1n) is 5.54. The highest BCUT2D eigenvalue weighted by Gasteiger charge is 2.35. The second kappa shape index (κ2) is 4.34. The van der Waals surface area contributed by atoms with E-state index in [1.807, 2.05) is 0 Å². The first-order valence-corrected chi connectivity index (χ1v) is 5.97. The third-order valence-electron chi connectivity index (χ3n) is 3.04. The van der Waals surface area contributed by atoms with E-state index in [2.05, 4.69) is 15.0 Å². The number of imidazole rings is 1. The standard InChI is InChI=1S/C10H12ClN5O2/c11-5-1-7(18-6(5)2-17)16-4-15-8-9(12)13-3-14-10(8)16/h3-7,17H,1-2H2,(H2,12,13,14)/t5-,6+,7+/m0/s1. The molecule has 0 aliphatic carbocycles. The summed E-state index contributed by atoms with van der Waals surface area (Å²) in [5, 5.41) is 8.90. The topological polar surface area (TPSA) is 99.1 Å². The highest BCUT2D eigenvalue weighted by atomic mass is 35.5. The molecule has 0 unspecified atom stereocenters. The number of ether oxygens (including phenoxy) is 1. The van der Waals surface area contributed by atoms with Crippen LogP contribution < -0.4 is 5.73 Å². The number of rotatable bonds is 2. The molecule has 3 heterocycles. The Morgan fingerprint density at radius 3 is 3.06 bits per heavy atom. The molecule has 1 saturated heterocycles. The largest absolute Gasteiger partial charge is 0.394 e. The monoisotopic (exact) mass is 269 g/mol. The smallest absolute Gasteiger partial charge is 0.167 e. The fourth-order valence-corrected chi connectivity index (χ4v) is 2.40. The van der Waals surface area contributed by atoms with Crippen LogP contribution in [0.1, 0.15) is 12.6 Å². The molecule has 1 fully saturated rings. The molecule has 8 heteroatoms. The van der Waals surface area contributed by atoms with E-state index >= 15 is 0 Å². The Balaban J connectivity index is 1.99. The van der Waals surface area contributed by atoms with Gasteiger partial charge in [-0.05, 0) is 0 Å². The van der Waals surface area contributed by atoms with Crippen molar-refractivity contribution in [3.63, 3.8) is 0 Å². The molecule has 1 aliphatic rings. The molecule has 3 rings (SSSR count). The van der Waals surface area contributed by atoms with Crippen molar-refractivity contribution in [1.29, 1.82) is 0 Å². The van der Waals surface area contributed by atoms with Crippen LogP contribution in [-0.4, -0.2) is 42.7 Å². The summed E-state index contributed by atoms with van der Waals surface area (Å²) in [5.41, 5.74) is 6.86. The van der Waals surface area contributed by atoms with Crippen molar-refractivity contribution in [2.45, 2.75) is 24.1 Å². The molecule has 0 saturated carbocycles. The van der Waals surface area contributed by atoms with Crippen molar-refractivity contribution in [3.05, 3.63) is 12.7 Å². The van der Waals surface area contributed by atoms with E-state index in [0.29, 0.717) is 23.4 Å². The molecule has 0 amide bonds. The number of aliphatic hydroxyl groups is 1. The normalized spacial score (nSPS) is 28.0. The first-order chi connectivity index (χ1) is 8.70. The summed E-state index contributed by atoms with van der Waals surface area (Å²) in [6.07, 6.45) is 2.91. The van der Waals surface area contributed by atoms with Crippen LogP contribution in [0.2, 0.25) is 0 Å². The van der Waals surface area contributed by atoms with Gasteiger partial charge in [0.05, 0.1) is 24.4 Å². The lowest BCUT2D eigenvalue weighted by Crippen LogP contribution is -2.20. The van der Waals surface area contributed by atoms with Gasteiger partial charge < -0.3 is 15.6 Å². The molecule has 1 aliphatic heterocycles. The summed E-state index contributed by atoms with van der Waals surface area (Å²) >= 11 is 6.10. The molecular formula is C10H12ClN5O2. The van der Waals surface area contributed by atoms with Crippen LogP contribution in [-0.2, 0) is 4.74 Å². The van der Waals surface area contributed by atoms with Gasteiger partial charge in [0.1, 0.15) is 18.1 Å². The van der Waals surface area contributed by atoms with Gasteiger partial charge >= 0.3 is 0 Å². The predicted molar refractivity (Wildman–Crippen MR) is 65.0 cm³/mol. The second-order valence-electron chi connectivity index (χ2n) is 4.15. The molecule has 3 N–H and O–H groups in total. The van der Waals surface area contributed by atoms with Crippen molar-refractivity contribution in [3.8, 4) is 0 Å². The van der Waals surface area contributed by atoms with Crippen LogP contribution >= 0.6 is 11.6 Å². The molecular weight excluding hydrogens is 258 g/mol. The van der Waals surface area contributed by atoms with Crippen molar-refractivity contribution >= 4 is 28.6 Å². The van der Waals surface area contributed by atoms with E-state index in [-0.39, 0.29) is 24.3 Å². The van der Waals surface area contributed by atoms with Crippen LogP contribution in [0, 0.1) is 0 Å². The Kier molecular flexibility index (Phi) is 2.81. The summed E-state index contributed by atoms with van der Waals surface area (Å²) in [7, 11) is 0. The van der Waals surface area contributed by atoms with E-state index in [1.54, 1.807) is 10.9 Å². The minimum Gasteiger partial charge on any atom is -0.394 e. The van der Waals surface area contributed by atoms with Crippen molar-refractivity contribution in [1.82, 2.24) is 19.5 Å². The van der Waals surface area contributed by atoms with Crippen LogP contribution in [0.15, 0.2) is 12.7 Å². The van der Waals surface area contributed by atoms with Gasteiger partial charge in [0.2, 0.25) is 0 Å². The summed E-state index contributed by atoms with van der Waals surface area (Å²) in [6.45, 7) is -0.103. The zero-order valence-electron chi connectivity index (χ0n) is 9.40. The Morgan fingerprint density at radius 2 is 2.33 bits per heavy atom. The average molecular weight is 270 g/mol. The quantitative estimate of drug-likeness (QED) is 0.761. The van der Waals surface area contributed by atoms with Crippen LogP contribution in [0.25, 0.3) is 11.2 Å². The highest BCUT2D eigenvalue weighted by molar-refractivity contribution is 6.21. The summed E-state index contributed by atoms with van der Waals surface area (Å²) in [5.74, 6) is 0.331. The molecule has 3 atom stereocenters. The number of nitrogens with two attached hydrogens (primary N) is 1. The third kappa shape index (κ3) is 1.71. The number of aliphatic hydroxyl groups excluding tert-OH is 1. The molecule has 96 valence electrons. The van der Waals surface area contributed by atoms with Gasteiger partial charge in [0, 0.05) is 6.42 Å². The molecule has 0 aromatic carbocycles. The van der Waals surface area contributed by atoms with Crippen molar-refractivity contribution in [2.75, 3.05) is 12.3 Å². The number of aromatic nitrogens is 4. The van der Waals surface area contributed by atoms with Crippen molar-refractivity contribution < 1.29 is 9.84 Å². The number of hydrogen-bond donors (Lipinski definition) is 2. The third-order valence-corrected chi connectivity index (χ3v) is 3.50. The number of alkyl halides is 1. The van der Waals surface area contributed by atoms with Gasteiger partial charge in [-0.1, -0.05) is 0 Å². The fraction of sp³-hybridized carbons (Fsp3) is 0.500. The summed E-state index contributed by atoms with van der Waals surface area (Å²) in [4.78, 5) is 12.2. The lowest BCUT2D eigenvalue weighted by Gasteiger charge is -2.13. The molecule has 2 aromatic rings. The lowest BCUT2D eigenvalue weighted by molar-refractivity contribution is -0.0201. The summed E-state index contributed by atoms with van der Waals surface area (Å²) in [6, 6.07) is 0. The minimum atomic E-state index is -0.367. The van der Waals surface area contributed by atoms with E-state index in [1.165, 1.54) is 6.33 Å². The molecule has 0 spiro atoms. The van der Waals surface area contributed by atoms with E-state index in [9.17, 15) is 0 Å². The minimum absolute atomic E-state index is 0.103. The summed E-state index contributed by atoms with van der Waals surface area (Å²) < 4.78 is 7.42. The predicted octanol–water partition coefficient (Wildman–Crippen LogP) is 0.296. The number of nitrogens with zero attached hydrogens (tertiary/aromatic N) is 4. The SMILES string of the molecule is Nc1ncnc2c1ncn2[C@H]1C[C@H](Cl)[C@@H](CO)O1. The Hall–Kier alpha value is -1.44. The highest BCUT2D eigenvalue weighted by Crippen LogP contribution is 2.33. The average Bonchev–Trinajstić information content (AvgIpc) is 2.93. The van der Waals surface area contributed by atoms with E-state index in [0.717, 1.165) is 0 Å². The maximum absolute atomic E-state index is 9.13. The van der Waals surface area contributed by atoms with Gasteiger partial charge in [0.25, 0.3) is 0 Å². The van der Waals surface area contributed by atoms with Gasteiger partial charge in [0.15, 0.2) is 11.5 Å². The number of halogens is 1. The number of nitrogen functional groups attached to an aromatic ring is 1. The van der Waals surface area contributed by atoms with Crippen LogP contribution in [0.3, 0.4) is 0 Å². The number of anilines is 1. The maximum atomic E-state index is 9.13. The zero-order chi connectivity index (χ0) is 12.7. The number of hydrogen-bond acceptors (Lipinski definition) is 6. The first kappa shape index (κ1) is 11.6. The van der Waals surface area contributed by atoms with Gasteiger partial charge in [-0.25, -0.2) is 15.0 Å². The molecule has 0 radical (unpaired) electrons. The van der Waals surface area contributed by atoms with Crippen LogP contribution in [0.5, 0.6) is 0 Å². The Labute approximate surface area is 108 Å². The Bertz CT molecular complexity index is 574. The molecule has 2 aromatic heterocycles. The number of fused-ring (bicyclic) bond motifs is 1. The van der Waals surface area contributed by atoms with Gasteiger partial charge in [-0.3, -0.25) is 4.57 Å². The molecule has 18 heavy (non-hydrogen) atoms. The van der Waals surface area contributed by atoms with E-state index < -0.39 is 0 Å². The van der Waals surface area contributed by atoms with Gasteiger partial charge in [-0.2, -0.15) is 0 Å².